The predicted molar refractivity (Wildman–Crippen MR) is 65.2 cm³/mol. The number of hydrogen-bond acceptors (Lipinski definition) is 1. The largest absolute Gasteiger partial charge is 0.298 e. The van der Waals surface area contributed by atoms with Gasteiger partial charge in [0.05, 0.1) is 5.03 Å². The molecule has 0 aromatic heterocycles. The van der Waals surface area contributed by atoms with Gasteiger partial charge in [-0.3, -0.25) is 4.79 Å². The Morgan fingerprint density at radius 2 is 1.93 bits per heavy atom. The molecule has 0 aliphatic heterocycles. The van der Waals surface area contributed by atoms with Crippen LogP contribution in [0.3, 0.4) is 0 Å². The van der Waals surface area contributed by atoms with Gasteiger partial charge in [-0.1, -0.05) is 41.9 Å². The highest BCUT2D eigenvalue weighted by molar-refractivity contribution is 6.50. The van der Waals surface area contributed by atoms with Crippen LogP contribution < -0.4 is 0 Å². The van der Waals surface area contributed by atoms with Crippen molar-refractivity contribution in [3.8, 4) is 0 Å². The molecule has 3 heteroatoms. The fraction of sp³-hybridized carbons (Fsp3) is 0.250. The van der Waals surface area contributed by atoms with Crippen molar-refractivity contribution in [3.05, 3.63) is 41.5 Å². The van der Waals surface area contributed by atoms with E-state index in [1.807, 2.05) is 30.3 Å². The predicted octanol–water partition coefficient (Wildman–Crippen LogP) is 3.85. The van der Waals surface area contributed by atoms with Crippen molar-refractivity contribution < 1.29 is 4.79 Å². The molecule has 0 aliphatic carbocycles. The summed E-state index contributed by atoms with van der Waals surface area (Å²) >= 11 is 11.7. The highest BCUT2D eigenvalue weighted by atomic mass is 35.5. The number of carbonyl (C=O) groups excluding carboxylic acids is 1. The van der Waals surface area contributed by atoms with Crippen molar-refractivity contribution in [1.29, 1.82) is 0 Å². The molecule has 0 saturated heterocycles. The Morgan fingerprint density at radius 1 is 1.27 bits per heavy atom. The Hall–Kier alpha value is -0.790. The molecule has 0 fully saturated rings. The molecule has 0 unspecified atom stereocenters. The van der Waals surface area contributed by atoms with Crippen molar-refractivity contribution in [1.82, 2.24) is 0 Å². The van der Waals surface area contributed by atoms with Crippen molar-refractivity contribution in [2.45, 2.75) is 12.8 Å². The van der Waals surface area contributed by atoms with E-state index < -0.39 is 0 Å². The number of halogens is 2. The number of rotatable bonds is 5. The average Bonchev–Trinajstić information content (AvgIpc) is 2.31. The van der Waals surface area contributed by atoms with E-state index in [0.717, 1.165) is 18.3 Å². The zero-order valence-electron chi connectivity index (χ0n) is 8.25. The molecule has 80 valence electrons. The highest BCUT2D eigenvalue weighted by Gasteiger charge is 2.05. The van der Waals surface area contributed by atoms with Crippen molar-refractivity contribution in [2.24, 2.45) is 0 Å². The van der Waals surface area contributed by atoms with Crippen LogP contribution in [0, 0.1) is 0 Å². The zero-order chi connectivity index (χ0) is 11.1. The molecule has 0 aliphatic rings. The first-order chi connectivity index (χ1) is 7.29. The molecule has 0 N–H and O–H groups in total. The van der Waals surface area contributed by atoms with E-state index in [1.165, 1.54) is 0 Å². The molecule has 1 nitrogen and oxygen atoms in total. The van der Waals surface area contributed by atoms with Gasteiger partial charge in [-0.25, -0.2) is 0 Å². The second-order valence-corrected chi connectivity index (χ2v) is 3.87. The maximum absolute atomic E-state index is 10.8. The van der Waals surface area contributed by atoms with Gasteiger partial charge in [-0.2, -0.15) is 0 Å². The van der Waals surface area contributed by atoms with Crippen LogP contribution in [-0.2, 0) is 4.79 Å². The van der Waals surface area contributed by atoms with Gasteiger partial charge in [0.15, 0.2) is 0 Å². The van der Waals surface area contributed by atoms with E-state index in [0.29, 0.717) is 22.9 Å². The number of allylic oxidation sites excluding steroid dienone is 1. The third-order valence-electron chi connectivity index (χ3n) is 2.03. The average molecular weight is 243 g/mol. The normalized spacial score (nSPS) is 12.1. The van der Waals surface area contributed by atoms with Crippen molar-refractivity contribution >= 4 is 34.5 Å². The minimum Gasteiger partial charge on any atom is -0.298 e. The van der Waals surface area contributed by atoms with Gasteiger partial charge in [0, 0.05) is 11.5 Å². The molecule has 0 radical (unpaired) electrons. The summed E-state index contributed by atoms with van der Waals surface area (Å²) < 4.78 is 0. The molecule has 1 rings (SSSR count). The molecule has 1 aromatic rings. The Balaban J connectivity index is 2.90. The number of benzene rings is 1. The maximum atomic E-state index is 10.8. The summed E-state index contributed by atoms with van der Waals surface area (Å²) in [5.74, 6) is 0.538. The number of carbonyl (C=O) groups is 1. The molecule has 0 heterocycles. The fourth-order valence-corrected chi connectivity index (χ4v) is 1.65. The van der Waals surface area contributed by atoms with Crippen molar-refractivity contribution in [2.75, 3.05) is 5.88 Å². The summed E-state index contributed by atoms with van der Waals surface area (Å²) in [6, 6.07) is 9.45. The van der Waals surface area contributed by atoms with Crippen LogP contribution in [0.4, 0.5) is 0 Å². The van der Waals surface area contributed by atoms with E-state index in [4.69, 9.17) is 23.2 Å². The van der Waals surface area contributed by atoms with E-state index >= 15 is 0 Å². The van der Waals surface area contributed by atoms with Gasteiger partial charge >= 0.3 is 0 Å². The first-order valence-electron chi connectivity index (χ1n) is 4.74. The highest BCUT2D eigenvalue weighted by Crippen LogP contribution is 2.24. The smallest absolute Gasteiger partial charge is 0.147 e. The topological polar surface area (TPSA) is 17.1 Å². The summed E-state index contributed by atoms with van der Waals surface area (Å²) in [7, 11) is 0. The lowest BCUT2D eigenvalue weighted by molar-refractivity contribution is -0.105. The number of aldehydes is 1. The molecule has 0 bridgehead atoms. The van der Waals surface area contributed by atoms with Gasteiger partial charge in [-0.05, 0) is 18.4 Å². The molecule has 0 atom stereocenters. The number of alkyl halides is 1. The molecule has 0 saturated carbocycles. The molecule has 1 aromatic carbocycles. The van der Waals surface area contributed by atoms with Crippen LogP contribution in [0.2, 0.25) is 0 Å². The second kappa shape index (κ2) is 6.65. The lowest BCUT2D eigenvalue weighted by Crippen LogP contribution is -1.90. The van der Waals surface area contributed by atoms with Crippen LogP contribution in [0.15, 0.2) is 35.9 Å². The summed E-state index contributed by atoms with van der Waals surface area (Å²) in [4.78, 5) is 10.8. The van der Waals surface area contributed by atoms with Crippen LogP contribution in [0.1, 0.15) is 18.4 Å². The van der Waals surface area contributed by atoms with Crippen LogP contribution in [0.25, 0.3) is 5.03 Å². The summed E-state index contributed by atoms with van der Waals surface area (Å²) in [5.41, 5.74) is 1.49. The molecule has 15 heavy (non-hydrogen) atoms. The lowest BCUT2D eigenvalue weighted by Gasteiger charge is -2.03. The van der Waals surface area contributed by atoms with E-state index in [-0.39, 0.29) is 0 Å². The van der Waals surface area contributed by atoms with E-state index in [1.54, 1.807) is 0 Å². The summed E-state index contributed by atoms with van der Waals surface area (Å²) in [6.07, 6.45) is 2.20. The van der Waals surface area contributed by atoms with Crippen LogP contribution in [-0.4, -0.2) is 12.2 Å². The molecular formula is C12H12Cl2O. The van der Waals surface area contributed by atoms with E-state index in [9.17, 15) is 4.79 Å². The third kappa shape index (κ3) is 3.69. The SMILES string of the molecule is O=C/C(CCCCl)=C(\Cl)c1ccccc1. The minimum atomic E-state index is 0.524. The quantitative estimate of drug-likeness (QED) is 0.436. The van der Waals surface area contributed by atoms with Crippen LogP contribution in [0.5, 0.6) is 0 Å². The molecule has 0 spiro atoms. The van der Waals surface area contributed by atoms with Gasteiger partial charge in [0.1, 0.15) is 6.29 Å². The summed E-state index contributed by atoms with van der Waals surface area (Å²) in [5, 5.41) is 0.524. The summed E-state index contributed by atoms with van der Waals surface area (Å²) in [6.45, 7) is 0. The third-order valence-corrected chi connectivity index (χ3v) is 2.76. The first-order valence-corrected chi connectivity index (χ1v) is 5.66. The number of hydrogen-bond donors (Lipinski definition) is 0. The Labute approximate surface area is 99.7 Å². The fourth-order valence-electron chi connectivity index (χ4n) is 1.25. The van der Waals surface area contributed by atoms with Gasteiger partial charge in [0.25, 0.3) is 0 Å². The Kier molecular flexibility index (Phi) is 5.44. The van der Waals surface area contributed by atoms with Gasteiger partial charge in [-0.15, -0.1) is 11.6 Å². The second-order valence-electron chi connectivity index (χ2n) is 3.12. The standard InChI is InChI=1S/C12H12Cl2O/c13-8-4-7-11(9-15)12(14)10-5-2-1-3-6-10/h1-3,5-6,9H,4,7-8H2/b12-11-. The maximum Gasteiger partial charge on any atom is 0.147 e. The lowest BCUT2D eigenvalue weighted by atomic mass is 10.1. The van der Waals surface area contributed by atoms with Gasteiger partial charge in [0.2, 0.25) is 0 Å². The van der Waals surface area contributed by atoms with E-state index in [2.05, 4.69) is 0 Å². The first kappa shape index (κ1) is 12.3. The monoisotopic (exact) mass is 242 g/mol. The Bertz CT molecular complexity index is 344. The Morgan fingerprint density at radius 3 is 2.47 bits per heavy atom. The van der Waals surface area contributed by atoms with Crippen LogP contribution >= 0.6 is 23.2 Å². The van der Waals surface area contributed by atoms with Gasteiger partial charge < -0.3 is 0 Å². The zero-order valence-corrected chi connectivity index (χ0v) is 9.76. The minimum absolute atomic E-state index is 0.524. The molecule has 0 amide bonds. The molecular weight excluding hydrogens is 231 g/mol. The van der Waals surface area contributed by atoms with Crippen molar-refractivity contribution in [3.63, 3.8) is 0 Å².